The summed E-state index contributed by atoms with van der Waals surface area (Å²) < 4.78 is 15.9. The molecule has 1 aliphatic rings. The van der Waals surface area contributed by atoms with Crippen LogP contribution in [0, 0.1) is 0 Å². The number of fused-ring (bicyclic) bond motifs is 1. The maximum atomic E-state index is 14.0. The van der Waals surface area contributed by atoms with Crippen molar-refractivity contribution >= 4 is 22.8 Å². The van der Waals surface area contributed by atoms with Crippen LogP contribution in [0.5, 0.6) is 0 Å². The van der Waals surface area contributed by atoms with Crippen LogP contribution in [-0.4, -0.2) is 50.0 Å². The number of nitrogens with zero attached hydrogens (tertiary/aromatic N) is 4. The third-order valence-corrected chi connectivity index (χ3v) is 6.21. The Morgan fingerprint density at radius 2 is 1.87 bits per heavy atom. The van der Waals surface area contributed by atoms with E-state index in [9.17, 15) is 14.0 Å². The number of primary amides is 1. The fraction of sp³-hybridized carbons (Fsp3) is 0.391. The molecule has 3 aromatic heterocycles. The number of likely N-dealkylation sites (tertiary alicyclic amines) is 1. The Morgan fingerprint density at radius 1 is 1.16 bits per heavy atom. The van der Waals surface area contributed by atoms with Gasteiger partial charge >= 0.3 is 0 Å². The summed E-state index contributed by atoms with van der Waals surface area (Å²) >= 11 is 0. The molecule has 0 bridgehead atoms. The number of alkyl halides is 1. The van der Waals surface area contributed by atoms with Gasteiger partial charge in [-0.1, -0.05) is 0 Å². The lowest BCUT2D eigenvalue weighted by Crippen LogP contribution is -2.43. The number of aromatic nitrogens is 3. The molecule has 0 spiro atoms. The van der Waals surface area contributed by atoms with Crippen molar-refractivity contribution in [2.75, 3.05) is 13.1 Å². The summed E-state index contributed by atoms with van der Waals surface area (Å²) in [5.41, 5.74) is 6.07. The average molecular weight is 423 g/mol. The molecule has 1 saturated heterocycles. The molecule has 3 aromatic rings. The molecular formula is C23H26FN5O2. The molecule has 162 valence electrons. The molecule has 0 radical (unpaired) electrons. The number of rotatable bonds is 4. The molecule has 4 heterocycles. The van der Waals surface area contributed by atoms with E-state index in [1.165, 1.54) is 0 Å². The quantitative estimate of drug-likeness (QED) is 0.698. The van der Waals surface area contributed by atoms with Crippen molar-refractivity contribution in [3.05, 3.63) is 54.1 Å². The number of carbonyl (C=O) groups excluding carboxylic acids is 2. The lowest BCUT2D eigenvalue weighted by Gasteiger charge is -2.34. The van der Waals surface area contributed by atoms with Crippen molar-refractivity contribution in [3.8, 4) is 5.69 Å². The van der Waals surface area contributed by atoms with E-state index in [1.807, 2.05) is 22.9 Å². The lowest BCUT2D eigenvalue weighted by atomic mass is 9.85. The van der Waals surface area contributed by atoms with Gasteiger partial charge in [0.1, 0.15) is 11.3 Å². The van der Waals surface area contributed by atoms with E-state index in [0.29, 0.717) is 42.7 Å². The zero-order chi connectivity index (χ0) is 22.4. The Labute approximate surface area is 180 Å². The lowest BCUT2D eigenvalue weighted by molar-refractivity contribution is -0.122. The summed E-state index contributed by atoms with van der Waals surface area (Å²) in [4.78, 5) is 35.1. The molecule has 4 rings (SSSR count). The third kappa shape index (κ3) is 3.89. The monoisotopic (exact) mass is 423 g/mol. The Bertz CT molecular complexity index is 1160. The summed E-state index contributed by atoms with van der Waals surface area (Å²) in [5, 5.41) is 0.803. The molecule has 0 saturated carbocycles. The highest BCUT2D eigenvalue weighted by Gasteiger charge is 2.32. The number of nitrogens with two attached hydrogens (primary N) is 1. The first-order valence-electron chi connectivity index (χ1n) is 10.3. The van der Waals surface area contributed by atoms with Gasteiger partial charge in [0.05, 0.1) is 22.9 Å². The standard InChI is InChI=1S/C23H26FN5O2/c1-22(2,21(25)31)17-11-18(14-26-13-17)29-7-4-15-10-16(12-27-19(15)29)20(30)28-8-5-23(3,24)6-9-28/h4,7,10-14H,5-6,8-9H2,1-3H3,(H2,25,31). The van der Waals surface area contributed by atoms with Crippen LogP contribution < -0.4 is 5.73 Å². The van der Waals surface area contributed by atoms with E-state index in [2.05, 4.69) is 9.97 Å². The van der Waals surface area contributed by atoms with E-state index >= 15 is 0 Å². The summed E-state index contributed by atoms with van der Waals surface area (Å²) in [6.45, 7) is 5.90. The molecule has 2 amide bonds. The summed E-state index contributed by atoms with van der Waals surface area (Å²) in [5.74, 6) is -0.569. The molecule has 0 aromatic carbocycles. The molecule has 2 N–H and O–H groups in total. The maximum Gasteiger partial charge on any atom is 0.255 e. The topological polar surface area (TPSA) is 94.1 Å². The Balaban J connectivity index is 1.63. The van der Waals surface area contributed by atoms with Gasteiger partial charge in [-0.2, -0.15) is 0 Å². The molecule has 0 aliphatic carbocycles. The minimum absolute atomic E-state index is 0.135. The Kier molecular flexibility index (Phi) is 5.03. The molecule has 1 aliphatic heterocycles. The van der Waals surface area contributed by atoms with Crippen molar-refractivity contribution in [1.82, 2.24) is 19.4 Å². The predicted octanol–water partition coefficient (Wildman–Crippen LogP) is 3.15. The molecule has 31 heavy (non-hydrogen) atoms. The molecule has 7 nitrogen and oxygen atoms in total. The zero-order valence-corrected chi connectivity index (χ0v) is 17.9. The van der Waals surface area contributed by atoms with Crippen LogP contribution in [0.1, 0.15) is 49.5 Å². The first-order valence-corrected chi connectivity index (χ1v) is 10.3. The van der Waals surface area contributed by atoms with Crippen molar-refractivity contribution < 1.29 is 14.0 Å². The number of pyridine rings is 2. The Morgan fingerprint density at radius 3 is 2.55 bits per heavy atom. The Hall–Kier alpha value is -3.29. The zero-order valence-electron chi connectivity index (χ0n) is 17.9. The highest BCUT2D eigenvalue weighted by molar-refractivity contribution is 5.97. The minimum atomic E-state index is -1.21. The minimum Gasteiger partial charge on any atom is -0.369 e. The molecular weight excluding hydrogens is 397 g/mol. The maximum absolute atomic E-state index is 14.0. The molecule has 0 unspecified atom stereocenters. The van der Waals surface area contributed by atoms with Crippen molar-refractivity contribution in [1.29, 1.82) is 0 Å². The average Bonchev–Trinajstić information content (AvgIpc) is 3.16. The van der Waals surface area contributed by atoms with Gasteiger partial charge in [-0.15, -0.1) is 0 Å². The van der Waals surface area contributed by atoms with E-state index in [4.69, 9.17) is 5.73 Å². The number of hydrogen-bond donors (Lipinski definition) is 1. The number of halogens is 1. The van der Waals surface area contributed by atoms with Crippen LogP contribution in [0.25, 0.3) is 16.7 Å². The molecule has 0 atom stereocenters. The smallest absolute Gasteiger partial charge is 0.255 e. The fourth-order valence-corrected chi connectivity index (χ4v) is 3.75. The van der Waals surface area contributed by atoms with Crippen molar-refractivity contribution in [3.63, 3.8) is 0 Å². The number of piperidine rings is 1. The van der Waals surface area contributed by atoms with Gasteiger partial charge in [0, 0.05) is 37.1 Å². The first-order chi connectivity index (χ1) is 14.6. The SMILES string of the molecule is CC1(F)CCN(C(=O)c2cnc3c(ccn3-c3cncc(C(C)(C)C(N)=O)c3)c2)CC1. The summed E-state index contributed by atoms with van der Waals surface area (Å²) in [6, 6.07) is 5.54. The van der Waals surface area contributed by atoms with E-state index in [-0.39, 0.29) is 5.91 Å². The van der Waals surface area contributed by atoms with Gasteiger partial charge in [0.2, 0.25) is 5.91 Å². The van der Waals surface area contributed by atoms with Crippen LogP contribution in [0.3, 0.4) is 0 Å². The summed E-state index contributed by atoms with van der Waals surface area (Å²) in [7, 11) is 0. The summed E-state index contributed by atoms with van der Waals surface area (Å²) in [6.07, 6.45) is 7.40. The molecule has 1 fully saturated rings. The van der Waals surface area contributed by atoms with Crippen molar-refractivity contribution in [2.24, 2.45) is 5.73 Å². The van der Waals surface area contributed by atoms with Crippen LogP contribution in [0.2, 0.25) is 0 Å². The van der Waals surface area contributed by atoms with Gasteiger partial charge in [-0.3, -0.25) is 19.1 Å². The van der Waals surface area contributed by atoms with Gasteiger partial charge in [-0.05, 0) is 57.4 Å². The highest BCUT2D eigenvalue weighted by Crippen LogP contribution is 2.28. The van der Waals surface area contributed by atoms with Crippen LogP contribution >= 0.6 is 0 Å². The van der Waals surface area contributed by atoms with E-state index in [0.717, 1.165) is 11.1 Å². The first kappa shape index (κ1) is 21.0. The van der Waals surface area contributed by atoms with E-state index < -0.39 is 17.0 Å². The fourth-order valence-electron chi connectivity index (χ4n) is 3.75. The number of carbonyl (C=O) groups is 2. The predicted molar refractivity (Wildman–Crippen MR) is 116 cm³/mol. The highest BCUT2D eigenvalue weighted by atomic mass is 19.1. The van der Waals surface area contributed by atoms with Gasteiger partial charge in [0.15, 0.2) is 0 Å². The molecule has 8 heteroatoms. The number of hydrogen-bond acceptors (Lipinski definition) is 4. The van der Waals surface area contributed by atoms with Gasteiger partial charge in [0.25, 0.3) is 5.91 Å². The largest absolute Gasteiger partial charge is 0.369 e. The van der Waals surface area contributed by atoms with Crippen LogP contribution in [0.4, 0.5) is 4.39 Å². The van der Waals surface area contributed by atoms with Crippen molar-refractivity contribution in [2.45, 2.75) is 44.7 Å². The number of amides is 2. The normalized spacial score (nSPS) is 16.5. The van der Waals surface area contributed by atoms with Crippen LogP contribution in [-0.2, 0) is 10.2 Å². The van der Waals surface area contributed by atoms with Gasteiger partial charge < -0.3 is 10.6 Å². The van der Waals surface area contributed by atoms with Gasteiger partial charge in [-0.25, -0.2) is 9.37 Å². The second-order valence-electron chi connectivity index (χ2n) is 8.95. The van der Waals surface area contributed by atoms with Crippen LogP contribution in [0.15, 0.2) is 43.0 Å². The van der Waals surface area contributed by atoms with E-state index in [1.54, 1.807) is 50.3 Å². The second kappa shape index (κ2) is 7.44. The third-order valence-electron chi connectivity index (χ3n) is 6.21. The second-order valence-corrected chi connectivity index (χ2v) is 8.95.